The molecule has 0 radical (unpaired) electrons. The minimum absolute atomic E-state index is 0.0123. The molecule has 18 heavy (non-hydrogen) atoms. The Balaban J connectivity index is 1.70. The summed E-state index contributed by atoms with van der Waals surface area (Å²) in [5, 5.41) is 3.38. The zero-order valence-electron chi connectivity index (χ0n) is 11.5. The first kappa shape index (κ1) is 14.2. The number of nitrogens with one attached hydrogen (secondary N) is 1. The van der Waals surface area contributed by atoms with E-state index in [0.717, 1.165) is 36.8 Å². The molecule has 4 atom stereocenters. The van der Waals surface area contributed by atoms with Gasteiger partial charge in [0.1, 0.15) is 6.10 Å². The summed E-state index contributed by atoms with van der Waals surface area (Å²) < 4.78 is 5.62. The summed E-state index contributed by atoms with van der Waals surface area (Å²) in [7, 11) is 0. The zero-order chi connectivity index (χ0) is 13.0. The van der Waals surface area contributed by atoms with Crippen molar-refractivity contribution in [3.63, 3.8) is 0 Å². The molecule has 1 aliphatic carbocycles. The van der Waals surface area contributed by atoms with E-state index in [-0.39, 0.29) is 12.1 Å². The monoisotopic (exact) mass is 271 g/mol. The third-order valence-corrected chi connectivity index (χ3v) is 5.39. The van der Waals surface area contributed by atoms with Crippen molar-refractivity contribution in [3.8, 4) is 0 Å². The van der Waals surface area contributed by atoms with Gasteiger partial charge in [-0.05, 0) is 31.1 Å². The fraction of sp³-hybridized carbons (Fsp3) is 0.929. The SMILES string of the molecule is CC1CCC(OC(=O)CC2CSCCN2)CC1C. The van der Waals surface area contributed by atoms with Crippen molar-refractivity contribution >= 4 is 17.7 Å². The van der Waals surface area contributed by atoms with Crippen LogP contribution in [0.4, 0.5) is 0 Å². The Labute approximate surface area is 114 Å². The Kier molecular flexibility index (Phi) is 5.37. The number of thioether (sulfide) groups is 1. The number of rotatable bonds is 3. The maximum Gasteiger partial charge on any atom is 0.307 e. The highest BCUT2D eigenvalue weighted by Gasteiger charge is 2.27. The molecular weight excluding hydrogens is 246 g/mol. The van der Waals surface area contributed by atoms with Gasteiger partial charge in [-0.2, -0.15) is 11.8 Å². The Hall–Kier alpha value is -0.220. The van der Waals surface area contributed by atoms with Gasteiger partial charge in [-0.1, -0.05) is 13.8 Å². The van der Waals surface area contributed by atoms with Crippen molar-refractivity contribution in [1.82, 2.24) is 5.32 Å². The zero-order valence-corrected chi connectivity index (χ0v) is 12.3. The lowest BCUT2D eigenvalue weighted by molar-refractivity contribution is -0.152. The van der Waals surface area contributed by atoms with Crippen LogP contribution in [-0.4, -0.2) is 36.2 Å². The van der Waals surface area contributed by atoms with E-state index in [4.69, 9.17) is 4.74 Å². The first-order valence-electron chi connectivity index (χ1n) is 7.15. The van der Waals surface area contributed by atoms with Crippen LogP contribution in [-0.2, 0) is 9.53 Å². The van der Waals surface area contributed by atoms with Gasteiger partial charge in [-0.25, -0.2) is 0 Å². The van der Waals surface area contributed by atoms with Gasteiger partial charge in [-0.3, -0.25) is 4.79 Å². The normalized spacial score (nSPS) is 37.2. The molecule has 3 nitrogen and oxygen atoms in total. The Morgan fingerprint density at radius 1 is 1.33 bits per heavy atom. The molecular formula is C14H25NO2S. The average molecular weight is 271 g/mol. The predicted octanol–water partition coefficient (Wildman–Crippen LogP) is 2.45. The molecule has 1 saturated carbocycles. The number of carbonyl (C=O) groups is 1. The molecule has 0 aromatic heterocycles. The van der Waals surface area contributed by atoms with E-state index in [1.165, 1.54) is 6.42 Å². The fourth-order valence-electron chi connectivity index (χ4n) is 2.79. The van der Waals surface area contributed by atoms with E-state index in [1.54, 1.807) is 0 Å². The summed E-state index contributed by atoms with van der Waals surface area (Å²) in [6.45, 7) is 5.58. The number of hydrogen-bond donors (Lipinski definition) is 1. The minimum atomic E-state index is -0.0123. The molecule has 4 heteroatoms. The second kappa shape index (κ2) is 6.80. The van der Waals surface area contributed by atoms with Crippen molar-refractivity contribution in [2.24, 2.45) is 11.8 Å². The van der Waals surface area contributed by atoms with Gasteiger partial charge >= 0.3 is 5.97 Å². The van der Waals surface area contributed by atoms with Crippen LogP contribution in [0.1, 0.15) is 39.5 Å². The van der Waals surface area contributed by atoms with Crippen LogP contribution in [0.5, 0.6) is 0 Å². The number of ether oxygens (including phenoxy) is 1. The lowest BCUT2D eigenvalue weighted by Crippen LogP contribution is -2.40. The maximum absolute atomic E-state index is 11.9. The minimum Gasteiger partial charge on any atom is -0.462 e. The maximum atomic E-state index is 11.9. The molecule has 0 aromatic carbocycles. The van der Waals surface area contributed by atoms with Crippen molar-refractivity contribution < 1.29 is 9.53 Å². The van der Waals surface area contributed by atoms with Crippen LogP contribution < -0.4 is 5.32 Å². The molecule has 1 heterocycles. The van der Waals surface area contributed by atoms with Gasteiger partial charge in [0.25, 0.3) is 0 Å². The molecule has 1 aliphatic heterocycles. The number of carbonyl (C=O) groups excluding carboxylic acids is 1. The van der Waals surface area contributed by atoms with E-state index in [1.807, 2.05) is 11.8 Å². The van der Waals surface area contributed by atoms with E-state index in [0.29, 0.717) is 18.4 Å². The van der Waals surface area contributed by atoms with Crippen LogP contribution in [0.2, 0.25) is 0 Å². The van der Waals surface area contributed by atoms with Crippen molar-refractivity contribution in [3.05, 3.63) is 0 Å². The van der Waals surface area contributed by atoms with E-state index in [9.17, 15) is 4.79 Å². The summed E-state index contributed by atoms with van der Waals surface area (Å²) in [4.78, 5) is 11.9. The molecule has 2 fully saturated rings. The Morgan fingerprint density at radius 2 is 2.17 bits per heavy atom. The lowest BCUT2D eigenvalue weighted by Gasteiger charge is -2.32. The van der Waals surface area contributed by atoms with Crippen LogP contribution in [0, 0.1) is 11.8 Å². The number of hydrogen-bond acceptors (Lipinski definition) is 4. The summed E-state index contributed by atoms with van der Waals surface area (Å²) in [5.41, 5.74) is 0. The molecule has 1 saturated heterocycles. The quantitative estimate of drug-likeness (QED) is 0.800. The Morgan fingerprint density at radius 3 is 2.83 bits per heavy atom. The van der Waals surface area contributed by atoms with Gasteiger partial charge in [0.15, 0.2) is 0 Å². The van der Waals surface area contributed by atoms with E-state index >= 15 is 0 Å². The van der Waals surface area contributed by atoms with E-state index < -0.39 is 0 Å². The highest BCUT2D eigenvalue weighted by Crippen LogP contribution is 2.31. The molecule has 0 bridgehead atoms. The molecule has 0 spiro atoms. The van der Waals surface area contributed by atoms with Crippen LogP contribution in [0.3, 0.4) is 0 Å². The molecule has 4 unspecified atom stereocenters. The Bertz CT molecular complexity index is 279. The third kappa shape index (κ3) is 4.16. The summed E-state index contributed by atoms with van der Waals surface area (Å²) >= 11 is 1.92. The summed E-state index contributed by atoms with van der Waals surface area (Å²) in [5.74, 6) is 3.63. The van der Waals surface area contributed by atoms with Crippen molar-refractivity contribution in [1.29, 1.82) is 0 Å². The van der Waals surface area contributed by atoms with Crippen molar-refractivity contribution in [2.45, 2.75) is 51.7 Å². The molecule has 0 amide bonds. The second-order valence-corrected chi connectivity index (χ2v) is 6.96. The van der Waals surface area contributed by atoms with Gasteiger partial charge in [0, 0.05) is 24.1 Å². The summed E-state index contributed by atoms with van der Waals surface area (Å²) in [6.07, 6.45) is 3.98. The lowest BCUT2D eigenvalue weighted by atomic mass is 9.80. The highest BCUT2D eigenvalue weighted by atomic mass is 32.2. The van der Waals surface area contributed by atoms with Gasteiger partial charge in [0.2, 0.25) is 0 Å². The van der Waals surface area contributed by atoms with Crippen molar-refractivity contribution in [2.75, 3.05) is 18.1 Å². The highest BCUT2D eigenvalue weighted by molar-refractivity contribution is 7.99. The second-order valence-electron chi connectivity index (χ2n) is 5.81. The molecule has 2 aliphatic rings. The molecule has 1 N–H and O–H groups in total. The standard InChI is InChI=1S/C14H25NO2S/c1-10-3-4-13(7-11(10)2)17-14(16)8-12-9-18-6-5-15-12/h10-13,15H,3-9H2,1-2H3. The first-order valence-corrected chi connectivity index (χ1v) is 8.31. The molecule has 2 rings (SSSR count). The van der Waals surface area contributed by atoms with Gasteiger partial charge in [0.05, 0.1) is 6.42 Å². The van der Waals surface area contributed by atoms with Crippen LogP contribution >= 0.6 is 11.8 Å². The average Bonchev–Trinajstić information content (AvgIpc) is 2.35. The van der Waals surface area contributed by atoms with E-state index in [2.05, 4.69) is 19.2 Å². The molecule has 104 valence electrons. The third-order valence-electron chi connectivity index (χ3n) is 4.26. The van der Waals surface area contributed by atoms with Crippen LogP contribution in [0.25, 0.3) is 0 Å². The molecule has 0 aromatic rings. The number of esters is 1. The predicted molar refractivity (Wildman–Crippen MR) is 75.8 cm³/mol. The largest absolute Gasteiger partial charge is 0.462 e. The topological polar surface area (TPSA) is 38.3 Å². The smallest absolute Gasteiger partial charge is 0.307 e. The van der Waals surface area contributed by atoms with Gasteiger partial charge < -0.3 is 10.1 Å². The van der Waals surface area contributed by atoms with Gasteiger partial charge in [-0.15, -0.1) is 0 Å². The first-order chi connectivity index (χ1) is 8.65. The van der Waals surface area contributed by atoms with Crippen LogP contribution in [0.15, 0.2) is 0 Å². The summed E-state index contributed by atoms with van der Waals surface area (Å²) in [6, 6.07) is 0.316. The fourth-order valence-corrected chi connectivity index (χ4v) is 3.74.